The summed E-state index contributed by atoms with van der Waals surface area (Å²) in [7, 11) is 0. The van der Waals surface area contributed by atoms with E-state index in [-0.39, 0.29) is 28.1 Å². The Labute approximate surface area is 182 Å². The predicted octanol–water partition coefficient (Wildman–Crippen LogP) is 4.32. The van der Waals surface area contributed by atoms with Gasteiger partial charge in [0.1, 0.15) is 29.2 Å². The Balaban J connectivity index is 2.06. The van der Waals surface area contributed by atoms with E-state index in [9.17, 15) is 33.3 Å². The molecule has 0 amide bonds. The van der Waals surface area contributed by atoms with Gasteiger partial charge in [-0.1, -0.05) is 18.2 Å². The lowest BCUT2D eigenvalue weighted by Crippen LogP contribution is -2.24. The van der Waals surface area contributed by atoms with Gasteiger partial charge in [-0.3, -0.25) is 9.36 Å². The minimum Gasteiger partial charge on any atom is -0.358 e. The average Bonchev–Trinajstić information content (AvgIpc) is 2.79. The normalized spacial score (nSPS) is 11.2. The van der Waals surface area contributed by atoms with Gasteiger partial charge in [0.25, 0.3) is 5.56 Å². The van der Waals surface area contributed by atoms with Crippen LogP contribution in [0.2, 0.25) is 0 Å². The molecule has 0 aliphatic rings. The smallest absolute Gasteiger partial charge is 0.358 e. The van der Waals surface area contributed by atoms with Crippen molar-refractivity contribution in [3.05, 3.63) is 92.5 Å². The van der Waals surface area contributed by atoms with Gasteiger partial charge < -0.3 is 15.4 Å². The van der Waals surface area contributed by atoms with Gasteiger partial charge in [0.2, 0.25) is 0 Å². The van der Waals surface area contributed by atoms with Crippen molar-refractivity contribution in [2.45, 2.75) is 6.18 Å². The number of hydrogen-bond donors (Lipinski definition) is 1. The van der Waals surface area contributed by atoms with Crippen molar-refractivity contribution in [3.63, 3.8) is 0 Å². The molecule has 0 aliphatic carbocycles. The number of nitrogens with one attached hydrogen (secondary N) is 1. The van der Waals surface area contributed by atoms with Crippen LogP contribution in [0.1, 0.15) is 11.3 Å². The molecule has 4 aromatic rings. The molecule has 0 fully saturated rings. The lowest BCUT2D eigenvalue weighted by atomic mass is 10.1. The Morgan fingerprint density at radius 3 is 2.48 bits per heavy atom. The molecular weight excluding hydrogens is 441 g/mol. The van der Waals surface area contributed by atoms with Gasteiger partial charge in [0.05, 0.1) is 23.1 Å². The summed E-state index contributed by atoms with van der Waals surface area (Å²) in [6.07, 6.45) is -3.64. The summed E-state index contributed by atoms with van der Waals surface area (Å²) in [5.74, 6) is -0.502. The van der Waals surface area contributed by atoms with Gasteiger partial charge in [0, 0.05) is 11.5 Å². The molecule has 0 atom stereocenters. The van der Waals surface area contributed by atoms with Gasteiger partial charge in [-0.25, -0.2) is 4.98 Å². The van der Waals surface area contributed by atoms with Crippen LogP contribution in [0.4, 0.5) is 30.4 Å². The molecule has 9 nitrogen and oxygen atoms in total. The quantitative estimate of drug-likeness (QED) is 0.361. The summed E-state index contributed by atoms with van der Waals surface area (Å²) in [5.41, 5.74) is -2.71. The fourth-order valence-electron chi connectivity index (χ4n) is 3.21. The highest BCUT2D eigenvalue weighted by molar-refractivity contribution is 5.95. The van der Waals surface area contributed by atoms with Crippen molar-refractivity contribution in [1.82, 2.24) is 14.5 Å². The maximum atomic E-state index is 13.4. The first-order valence-corrected chi connectivity index (χ1v) is 9.20. The van der Waals surface area contributed by atoms with Crippen molar-refractivity contribution >= 4 is 28.2 Å². The van der Waals surface area contributed by atoms with E-state index >= 15 is 0 Å². The summed E-state index contributed by atoms with van der Waals surface area (Å²) in [6.45, 7) is 0. The Morgan fingerprint density at radius 1 is 1.12 bits per heavy atom. The molecule has 0 bridgehead atoms. The standard InChI is InChI=1S/C21H11F3N6O3/c22-21(23,24)16-7-6-14-18(27-12-8-9-26-17(10-12)30(32)33)15(11-25)20(31)29(19(14)28-16)13-4-2-1-3-5-13/h1-10H,(H,26,27). The van der Waals surface area contributed by atoms with Crippen molar-refractivity contribution in [1.29, 1.82) is 5.26 Å². The molecule has 0 unspecified atom stereocenters. The van der Waals surface area contributed by atoms with Crippen molar-refractivity contribution < 1.29 is 18.1 Å². The number of nitriles is 1. The molecule has 0 aliphatic heterocycles. The molecule has 4 rings (SSSR count). The van der Waals surface area contributed by atoms with Crippen LogP contribution in [0, 0.1) is 21.4 Å². The number of pyridine rings is 3. The van der Waals surface area contributed by atoms with Crippen LogP contribution in [0.3, 0.4) is 0 Å². The van der Waals surface area contributed by atoms with Gasteiger partial charge in [0.15, 0.2) is 0 Å². The molecule has 3 aromatic heterocycles. The van der Waals surface area contributed by atoms with Crippen LogP contribution in [0.5, 0.6) is 0 Å². The van der Waals surface area contributed by atoms with E-state index in [0.29, 0.717) is 0 Å². The Bertz CT molecular complexity index is 1490. The number of fused-ring (bicyclic) bond motifs is 1. The van der Waals surface area contributed by atoms with E-state index in [0.717, 1.165) is 29.0 Å². The van der Waals surface area contributed by atoms with E-state index < -0.39 is 33.7 Å². The molecular formula is C21H11F3N6O3. The molecule has 1 aromatic carbocycles. The maximum Gasteiger partial charge on any atom is 0.433 e. The Kier molecular flexibility index (Phi) is 5.23. The number of rotatable bonds is 4. The van der Waals surface area contributed by atoms with Gasteiger partial charge in [-0.2, -0.15) is 18.4 Å². The number of benzene rings is 1. The van der Waals surface area contributed by atoms with Gasteiger partial charge >= 0.3 is 12.0 Å². The van der Waals surface area contributed by atoms with Crippen molar-refractivity contribution in [3.8, 4) is 11.8 Å². The van der Waals surface area contributed by atoms with Gasteiger partial charge in [-0.05, 0) is 34.2 Å². The number of nitro groups is 1. The summed E-state index contributed by atoms with van der Waals surface area (Å²) >= 11 is 0. The molecule has 1 N–H and O–H groups in total. The Hall–Kier alpha value is -4.79. The summed E-state index contributed by atoms with van der Waals surface area (Å²) in [5, 5.41) is 23.5. The minimum absolute atomic E-state index is 0.0301. The number of alkyl halides is 3. The van der Waals surface area contributed by atoms with E-state index in [4.69, 9.17) is 0 Å². The molecule has 0 spiro atoms. The first-order valence-electron chi connectivity index (χ1n) is 9.20. The van der Waals surface area contributed by atoms with Crippen molar-refractivity contribution in [2.24, 2.45) is 0 Å². The fourth-order valence-corrected chi connectivity index (χ4v) is 3.21. The van der Waals surface area contributed by atoms with Crippen LogP contribution in [-0.4, -0.2) is 19.5 Å². The van der Waals surface area contributed by atoms with Crippen LogP contribution in [0.25, 0.3) is 16.7 Å². The lowest BCUT2D eigenvalue weighted by Gasteiger charge is -2.17. The Morgan fingerprint density at radius 2 is 1.85 bits per heavy atom. The third-order valence-electron chi connectivity index (χ3n) is 4.64. The first-order chi connectivity index (χ1) is 15.7. The largest absolute Gasteiger partial charge is 0.433 e. The molecule has 0 saturated heterocycles. The number of anilines is 2. The zero-order valence-corrected chi connectivity index (χ0v) is 16.4. The number of aromatic nitrogens is 3. The van der Waals surface area contributed by atoms with E-state index in [1.807, 2.05) is 0 Å². The topological polar surface area (TPSA) is 127 Å². The van der Waals surface area contributed by atoms with E-state index in [2.05, 4.69) is 15.3 Å². The minimum atomic E-state index is -4.78. The molecule has 164 valence electrons. The van der Waals surface area contributed by atoms with Gasteiger partial charge in [-0.15, -0.1) is 0 Å². The average molecular weight is 452 g/mol. The zero-order chi connectivity index (χ0) is 23.8. The lowest BCUT2D eigenvalue weighted by molar-refractivity contribution is -0.389. The summed E-state index contributed by atoms with van der Waals surface area (Å²) < 4.78 is 41.0. The highest BCUT2D eigenvalue weighted by atomic mass is 19.4. The maximum absolute atomic E-state index is 13.4. The fraction of sp³-hybridized carbons (Fsp3) is 0.0476. The summed E-state index contributed by atoms with van der Waals surface area (Å²) in [6, 6.07) is 13.8. The molecule has 0 saturated carbocycles. The van der Waals surface area contributed by atoms with Crippen LogP contribution in [-0.2, 0) is 6.18 Å². The highest BCUT2D eigenvalue weighted by Crippen LogP contribution is 2.33. The number of halogens is 3. The molecule has 0 radical (unpaired) electrons. The SMILES string of the molecule is N#Cc1c(Nc2ccnc([N+](=O)[O-])c2)c2ccc(C(F)(F)F)nc2n(-c2ccccc2)c1=O. The second kappa shape index (κ2) is 8.04. The predicted molar refractivity (Wildman–Crippen MR) is 111 cm³/mol. The van der Waals surface area contributed by atoms with Crippen LogP contribution in [0.15, 0.2) is 65.6 Å². The van der Waals surface area contributed by atoms with E-state index in [1.165, 1.54) is 18.2 Å². The van der Waals surface area contributed by atoms with Crippen LogP contribution < -0.4 is 10.9 Å². The van der Waals surface area contributed by atoms with Crippen LogP contribution >= 0.6 is 0 Å². The second-order valence-corrected chi connectivity index (χ2v) is 6.69. The zero-order valence-electron chi connectivity index (χ0n) is 16.4. The molecule has 3 heterocycles. The van der Waals surface area contributed by atoms with E-state index in [1.54, 1.807) is 24.3 Å². The monoisotopic (exact) mass is 452 g/mol. The third kappa shape index (κ3) is 3.94. The number of nitrogens with zero attached hydrogens (tertiary/aromatic N) is 5. The first kappa shape index (κ1) is 21.4. The number of para-hydroxylation sites is 1. The highest BCUT2D eigenvalue weighted by Gasteiger charge is 2.33. The van der Waals surface area contributed by atoms with Crippen molar-refractivity contribution in [2.75, 3.05) is 5.32 Å². The summed E-state index contributed by atoms with van der Waals surface area (Å²) in [4.78, 5) is 30.8. The second-order valence-electron chi connectivity index (χ2n) is 6.69. The third-order valence-corrected chi connectivity index (χ3v) is 4.64. The molecule has 12 heteroatoms. The number of hydrogen-bond acceptors (Lipinski definition) is 7. The molecule has 33 heavy (non-hydrogen) atoms.